The molecule has 0 unspecified atom stereocenters. The van der Waals surface area contributed by atoms with Crippen LogP contribution in [0.5, 0.6) is 11.5 Å². The molecule has 1 amide bonds. The van der Waals surface area contributed by atoms with Crippen LogP contribution in [0.4, 0.5) is 0 Å². The Morgan fingerprint density at radius 3 is 2.88 bits per heavy atom. The normalized spacial score (nSPS) is 9.88. The molecule has 0 spiro atoms. The van der Waals surface area contributed by atoms with E-state index in [0.29, 0.717) is 11.5 Å². The Kier molecular flexibility index (Phi) is 4.58. The van der Waals surface area contributed by atoms with Gasteiger partial charge in [-0.05, 0) is 23.8 Å². The number of rotatable bonds is 5. The topological polar surface area (TPSA) is 85.3 Å². The number of nitrogens with two attached hydrogens (primary N) is 1. The van der Waals surface area contributed by atoms with E-state index in [0.717, 1.165) is 5.56 Å². The third-order valence-electron chi connectivity index (χ3n) is 1.92. The molecule has 5 nitrogen and oxygen atoms in total. The Balaban J connectivity index is 2.92. The SMILES string of the molecule is COc1cc(C=CC(N)=O)ccc1OCC#N. The molecule has 17 heavy (non-hydrogen) atoms. The van der Waals surface area contributed by atoms with Gasteiger partial charge in [0.2, 0.25) is 5.91 Å². The number of benzene rings is 1. The van der Waals surface area contributed by atoms with Crippen LogP contribution in [0.2, 0.25) is 0 Å². The fourth-order valence-electron chi connectivity index (χ4n) is 1.20. The van der Waals surface area contributed by atoms with Crippen molar-refractivity contribution in [3.05, 3.63) is 29.8 Å². The molecule has 0 aromatic heterocycles. The highest BCUT2D eigenvalue weighted by Crippen LogP contribution is 2.28. The molecule has 1 aromatic carbocycles. The molecule has 2 N–H and O–H groups in total. The number of ether oxygens (including phenoxy) is 2. The predicted molar refractivity (Wildman–Crippen MR) is 62.3 cm³/mol. The molecule has 0 heterocycles. The molecule has 0 aliphatic rings. The lowest BCUT2D eigenvalue weighted by Gasteiger charge is -2.08. The molecule has 0 bridgehead atoms. The molecule has 1 rings (SSSR count). The van der Waals surface area contributed by atoms with Gasteiger partial charge < -0.3 is 15.2 Å². The Labute approximate surface area is 99.1 Å². The minimum absolute atomic E-state index is 0.0488. The fourth-order valence-corrected chi connectivity index (χ4v) is 1.20. The van der Waals surface area contributed by atoms with Crippen molar-refractivity contribution in [2.75, 3.05) is 13.7 Å². The van der Waals surface area contributed by atoms with Crippen LogP contribution in [0.1, 0.15) is 5.56 Å². The summed E-state index contributed by atoms with van der Waals surface area (Å²) in [5, 5.41) is 8.41. The summed E-state index contributed by atoms with van der Waals surface area (Å²) in [6.45, 7) is -0.0488. The highest BCUT2D eigenvalue weighted by atomic mass is 16.5. The van der Waals surface area contributed by atoms with E-state index in [2.05, 4.69) is 0 Å². The van der Waals surface area contributed by atoms with E-state index in [4.69, 9.17) is 20.5 Å². The molecule has 0 fully saturated rings. The molecular formula is C12H12N2O3. The largest absolute Gasteiger partial charge is 0.493 e. The second-order valence-corrected chi connectivity index (χ2v) is 3.09. The van der Waals surface area contributed by atoms with Crippen LogP contribution in [0.3, 0.4) is 0 Å². The number of methoxy groups -OCH3 is 1. The molecule has 0 saturated heterocycles. The molecule has 0 aliphatic carbocycles. The summed E-state index contributed by atoms with van der Waals surface area (Å²) in [7, 11) is 1.50. The van der Waals surface area contributed by atoms with E-state index in [-0.39, 0.29) is 6.61 Å². The van der Waals surface area contributed by atoms with Crippen molar-refractivity contribution in [1.82, 2.24) is 0 Å². The van der Waals surface area contributed by atoms with Gasteiger partial charge in [-0.3, -0.25) is 4.79 Å². The second kappa shape index (κ2) is 6.18. The van der Waals surface area contributed by atoms with Gasteiger partial charge in [0.25, 0.3) is 0 Å². The molecule has 88 valence electrons. The zero-order valence-corrected chi connectivity index (χ0v) is 9.34. The summed E-state index contributed by atoms with van der Waals surface area (Å²) in [6, 6.07) is 6.95. The minimum Gasteiger partial charge on any atom is -0.493 e. The minimum atomic E-state index is -0.520. The number of carbonyl (C=O) groups excluding carboxylic acids is 1. The standard InChI is InChI=1S/C12H12N2O3/c1-16-11-8-9(3-5-12(14)15)2-4-10(11)17-7-6-13/h2-5,8H,7H2,1H3,(H2,14,15). The zero-order valence-electron chi connectivity index (χ0n) is 9.34. The van der Waals surface area contributed by atoms with Crippen LogP contribution in [0.15, 0.2) is 24.3 Å². The van der Waals surface area contributed by atoms with Gasteiger partial charge in [-0.1, -0.05) is 6.07 Å². The van der Waals surface area contributed by atoms with E-state index >= 15 is 0 Å². The summed E-state index contributed by atoms with van der Waals surface area (Å²) in [6.07, 6.45) is 2.82. The van der Waals surface area contributed by atoms with Gasteiger partial charge in [0, 0.05) is 6.08 Å². The maximum atomic E-state index is 10.6. The van der Waals surface area contributed by atoms with Gasteiger partial charge in [-0.25, -0.2) is 0 Å². The zero-order chi connectivity index (χ0) is 12.7. The van der Waals surface area contributed by atoms with Gasteiger partial charge in [-0.2, -0.15) is 5.26 Å². The number of primary amides is 1. The summed E-state index contributed by atoms with van der Waals surface area (Å²) < 4.78 is 10.3. The van der Waals surface area contributed by atoms with E-state index in [1.807, 2.05) is 6.07 Å². The maximum Gasteiger partial charge on any atom is 0.241 e. The van der Waals surface area contributed by atoms with Crippen LogP contribution in [-0.2, 0) is 4.79 Å². The number of nitrogens with zero attached hydrogens (tertiary/aromatic N) is 1. The number of amides is 1. The first-order valence-electron chi connectivity index (χ1n) is 4.82. The third-order valence-corrected chi connectivity index (χ3v) is 1.92. The van der Waals surface area contributed by atoms with E-state index in [1.165, 1.54) is 13.2 Å². The fraction of sp³-hybridized carbons (Fsp3) is 0.167. The summed E-state index contributed by atoms with van der Waals surface area (Å²) in [5.74, 6) is 0.450. The van der Waals surface area contributed by atoms with Crippen molar-refractivity contribution in [3.63, 3.8) is 0 Å². The highest BCUT2D eigenvalue weighted by molar-refractivity contribution is 5.90. The van der Waals surface area contributed by atoms with Gasteiger partial charge >= 0.3 is 0 Å². The Hall–Kier alpha value is -2.48. The lowest BCUT2D eigenvalue weighted by Crippen LogP contribution is -2.05. The maximum absolute atomic E-state index is 10.6. The van der Waals surface area contributed by atoms with Crippen molar-refractivity contribution in [2.24, 2.45) is 5.73 Å². The molecular weight excluding hydrogens is 220 g/mol. The summed E-state index contributed by atoms with van der Waals surface area (Å²) in [4.78, 5) is 10.6. The van der Waals surface area contributed by atoms with Crippen LogP contribution >= 0.6 is 0 Å². The Bertz CT molecular complexity index is 475. The van der Waals surface area contributed by atoms with Crippen LogP contribution < -0.4 is 15.2 Å². The average Bonchev–Trinajstić information content (AvgIpc) is 2.34. The molecule has 5 heteroatoms. The number of hydrogen-bond acceptors (Lipinski definition) is 4. The molecule has 0 saturated carbocycles. The van der Waals surface area contributed by atoms with Crippen molar-refractivity contribution in [1.29, 1.82) is 5.26 Å². The first kappa shape index (κ1) is 12.6. The molecule has 1 aromatic rings. The van der Waals surface area contributed by atoms with Crippen LogP contribution in [0.25, 0.3) is 6.08 Å². The second-order valence-electron chi connectivity index (χ2n) is 3.09. The lowest BCUT2D eigenvalue weighted by molar-refractivity contribution is -0.113. The van der Waals surface area contributed by atoms with E-state index < -0.39 is 5.91 Å². The summed E-state index contributed by atoms with van der Waals surface area (Å²) in [5.41, 5.74) is 5.74. The van der Waals surface area contributed by atoms with Crippen molar-refractivity contribution < 1.29 is 14.3 Å². The van der Waals surface area contributed by atoms with Gasteiger partial charge in [-0.15, -0.1) is 0 Å². The van der Waals surface area contributed by atoms with Crippen molar-refractivity contribution >= 4 is 12.0 Å². The van der Waals surface area contributed by atoms with Crippen molar-refractivity contribution in [2.45, 2.75) is 0 Å². The van der Waals surface area contributed by atoms with Gasteiger partial charge in [0.15, 0.2) is 18.1 Å². The first-order chi connectivity index (χ1) is 8.17. The van der Waals surface area contributed by atoms with E-state index in [1.54, 1.807) is 24.3 Å². The van der Waals surface area contributed by atoms with Crippen LogP contribution in [0, 0.1) is 11.3 Å². The molecule has 0 radical (unpaired) electrons. The quantitative estimate of drug-likeness (QED) is 0.770. The molecule has 0 aliphatic heterocycles. The third kappa shape index (κ3) is 3.87. The lowest BCUT2D eigenvalue weighted by atomic mass is 10.2. The highest BCUT2D eigenvalue weighted by Gasteiger charge is 2.04. The van der Waals surface area contributed by atoms with Gasteiger partial charge in [0.1, 0.15) is 6.07 Å². The smallest absolute Gasteiger partial charge is 0.241 e. The number of nitriles is 1. The van der Waals surface area contributed by atoms with Gasteiger partial charge in [0.05, 0.1) is 7.11 Å². The summed E-state index contributed by atoms with van der Waals surface area (Å²) >= 11 is 0. The van der Waals surface area contributed by atoms with E-state index in [9.17, 15) is 4.79 Å². The number of carbonyl (C=O) groups is 1. The monoisotopic (exact) mass is 232 g/mol. The predicted octanol–water partition coefficient (Wildman–Crippen LogP) is 1.10. The average molecular weight is 232 g/mol. The van der Waals surface area contributed by atoms with Crippen LogP contribution in [-0.4, -0.2) is 19.6 Å². The first-order valence-corrected chi connectivity index (χ1v) is 4.82. The Morgan fingerprint density at radius 2 is 2.29 bits per heavy atom. The Morgan fingerprint density at radius 1 is 1.53 bits per heavy atom. The molecule has 0 atom stereocenters. The van der Waals surface area contributed by atoms with Crippen molar-refractivity contribution in [3.8, 4) is 17.6 Å². The number of hydrogen-bond donors (Lipinski definition) is 1.